The molecular weight excluding hydrogens is 201 g/mol. The van der Waals surface area contributed by atoms with E-state index in [0.717, 1.165) is 0 Å². The van der Waals surface area contributed by atoms with Crippen molar-refractivity contribution in [3.05, 3.63) is 34.2 Å². The second kappa shape index (κ2) is 3.74. The molecular formula is C7H5Cl2NO2. The van der Waals surface area contributed by atoms with Crippen molar-refractivity contribution in [3.63, 3.8) is 0 Å². The summed E-state index contributed by atoms with van der Waals surface area (Å²) in [5.41, 5.74) is -0.499. The molecule has 0 aromatic carbocycles. The number of H-pyrrole nitrogens is 1. The summed E-state index contributed by atoms with van der Waals surface area (Å²) in [6.07, 6.45) is 1.43. The number of aromatic nitrogens is 1. The number of alkyl halides is 2. The lowest BCUT2D eigenvalue weighted by atomic mass is 10.2. The van der Waals surface area contributed by atoms with Gasteiger partial charge in [0.15, 0.2) is 4.84 Å². The summed E-state index contributed by atoms with van der Waals surface area (Å²) in [6.45, 7) is 0. The SMILES string of the molecule is O=C(c1ccc[nH]c1=O)C(Cl)Cl. The monoisotopic (exact) mass is 205 g/mol. The van der Waals surface area contributed by atoms with Crippen LogP contribution in [-0.2, 0) is 0 Å². The molecule has 3 nitrogen and oxygen atoms in total. The van der Waals surface area contributed by atoms with Crippen LogP contribution in [0.25, 0.3) is 0 Å². The minimum Gasteiger partial charge on any atom is -0.328 e. The number of carbonyl (C=O) groups excluding carboxylic acids is 1. The Hall–Kier alpha value is -0.800. The van der Waals surface area contributed by atoms with Gasteiger partial charge in [0.05, 0.1) is 5.56 Å². The van der Waals surface area contributed by atoms with Crippen LogP contribution in [0, 0.1) is 0 Å². The topological polar surface area (TPSA) is 49.9 Å². The molecule has 0 atom stereocenters. The smallest absolute Gasteiger partial charge is 0.258 e. The van der Waals surface area contributed by atoms with E-state index in [0.29, 0.717) is 0 Å². The molecule has 1 rings (SSSR count). The van der Waals surface area contributed by atoms with Crippen molar-refractivity contribution in [3.8, 4) is 0 Å². The molecule has 0 aliphatic heterocycles. The lowest BCUT2D eigenvalue weighted by Crippen LogP contribution is -2.20. The average Bonchev–Trinajstić information content (AvgIpc) is 2.04. The third kappa shape index (κ3) is 1.87. The summed E-state index contributed by atoms with van der Waals surface area (Å²) in [6, 6.07) is 2.91. The number of nitrogens with one attached hydrogen (secondary N) is 1. The highest BCUT2D eigenvalue weighted by Crippen LogP contribution is 2.07. The minimum atomic E-state index is -1.19. The number of pyridine rings is 1. The van der Waals surface area contributed by atoms with E-state index < -0.39 is 16.2 Å². The van der Waals surface area contributed by atoms with E-state index >= 15 is 0 Å². The van der Waals surface area contributed by atoms with E-state index in [-0.39, 0.29) is 5.56 Å². The molecule has 1 N–H and O–H groups in total. The first-order valence-corrected chi connectivity index (χ1v) is 4.00. The van der Waals surface area contributed by atoms with Crippen molar-refractivity contribution < 1.29 is 4.79 Å². The van der Waals surface area contributed by atoms with Gasteiger partial charge in [0.2, 0.25) is 5.78 Å². The first-order valence-electron chi connectivity index (χ1n) is 3.13. The van der Waals surface area contributed by atoms with Crippen molar-refractivity contribution in [2.45, 2.75) is 4.84 Å². The molecule has 0 saturated carbocycles. The Labute approximate surface area is 78.3 Å². The Balaban J connectivity index is 3.12. The average molecular weight is 206 g/mol. The molecule has 0 unspecified atom stereocenters. The zero-order valence-corrected chi connectivity index (χ0v) is 7.39. The van der Waals surface area contributed by atoms with Gasteiger partial charge in [-0.1, -0.05) is 23.2 Å². The highest BCUT2D eigenvalue weighted by molar-refractivity contribution is 6.55. The predicted octanol–water partition coefficient (Wildman–Crippen LogP) is 1.36. The second-order valence-corrected chi connectivity index (χ2v) is 3.17. The number of hydrogen-bond donors (Lipinski definition) is 1. The first kappa shape index (κ1) is 9.29. The van der Waals surface area contributed by atoms with E-state index in [1.165, 1.54) is 18.3 Å². The molecule has 12 heavy (non-hydrogen) atoms. The lowest BCUT2D eigenvalue weighted by Gasteiger charge is -1.97. The Morgan fingerprint density at radius 1 is 1.50 bits per heavy atom. The van der Waals surface area contributed by atoms with Crippen molar-refractivity contribution in [2.24, 2.45) is 0 Å². The van der Waals surface area contributed by atoms with E-state index in [9.17, 15) is 9.59 Å². The van der Waals surface area contributed by atoms with Crippen LogP contribution in [0.3, 0.4) is 0 Å². The maximum absolute atomic E-state index is 11.1. The molecule has 64 valence electrons. The molecule has 5 heteroatoms. The van der Waals surface area contributed by atoms with Crippen molar-refractivity contribution >= 4 is 29.0 Å². The molecule has 0 saturated heterocycles. The number of hydrogen-bond acceptors (Lipinski definition) is 2. The number of ketones is 1. The third-order valence-corrected chi connectivity index (χ3v) is 1.68. The van der Waals surface area contributed by atoms with Crippen LogP contribution in [0.2, 0.25) is 0 Å². The number of rotatable bonds is 2. The fourth-order valence-electron chi connectivity index (χ4n) is 0.733. The predicted molar refractivity (Wildman–Crippen MR) is 46.9 cm³/mol. The summed E-state index contributed by atoms with van der Waals surface area (Å²) < 4.78 is 0. The molecule has 0 aliphatic rings. The van der Waals surface area contributed by atoms with Gasteiger partial charge in [-0.15, -0.1) is 0 Å². The van der Waals surface area contributed by atoms with Crippen molar-refractivity contribution in [2.75, 3.05) is 0 Å². The molecule has 0 fully saturated rings. The molecule has 0 amide bonds. The van der Waals surface area contributed by atoms with Gasteiger partial charge in [0.25, 0.3) is 5.56 Å². The molecule has 0 spiro atoms. The van der Waals surface area contributed by atoms with Crippen LogP contribution in [-0.4, -0.2) is 15.6 Å². The normalized spacial score (nSPS) is 10.2. The Bertz CT molecular complexity index is 345. The Morgan fingerprint density at radius 3 is 2.67 bits per heavy atom. The molecule has 0 aliphatic carbocycles. The fraction of sp³-hybridized carbons (Fsp3) is 0.143. The van der Waals surface area contributed by atoms with Gasteiger partial charge in [-0.25, -0.2) is 0 Å². The molecule has 0 radical (unpaired) electrons. The van der Waals surface area contributed by atoms with Gasteiger partial charge in [-0.3, -0.25) is 9.59 Å². The maximum Gasteiger partial charge on any atom is 0.258 e. The summed E-state index contributed by atoms with van der Waals surface area (Å²) in [4.78, 5) is 23.2. The van der Waals surface area contributed by atoms with Gasteiger partial charge in [0.1, 0.15) is 0 Å². The number of Topliss-reactive ketones (excluding diaryl/α,β-unsaturated/α-hetero) is 1. The minimum absolute atomic E-state index is 0.0208. The van der Waals surface area contributed by atoms with Gasteiger partial charge in [-0.2, -0.15) is 0 Å². The number of aromatic amines is 1. The van der Waals surface area contributed by atoms with Crippen LogP contribution in [0.15, 0.2) is 23.1 Å². The summed E-state index contributed by atoms with van der Waals surface area (Å²) in [7, 11) is 0. The van der Waals surface area contributed by atoms with Gasteiger partial charge >= 0.3 is 0 Å². The first-order chi connectivity index (χ1) is 5.63. The molecule has 1 aromatic rings. The molecule has 1 aromatic heterocycles. The number of halogens is 2. The zero-order valence-electron chi connectivity index (χ0n) is 5.88. The van der Waals surface area contributed by atoms with Crippen LogP contribution < -0.4 is 5.56 Å². The highest BCUT2D eigenvalue weighted by atomic mass is 35.5. The summed E-state index contributed by atoms with van der Waals surface area (Å²) in [5, 5.41) is 0. The lowest BCUT2D eigenvalue weighted by molar-refractivity contribution is 0.101. The standard InChI is InChI=1S/C7H5Cl2NO2/c8-6(9)5(11)4-2-1-3-10-7(4)12/h1-3,6H,(H,10,12). The Kier molecular flexibility index (Phi) is 2.89. The van der Waals surface area contributed by atoms with Crippen molar-refractivity contribution in [1.82, 2.24) is 4.98 Å². The molecule has 0 bridgehead atoms. The molecule has 1 heterocycles. The van der Waals surface area contributed by atoms with Gasteiger partial charge < -0.3 is 4.98 Å². The second-order valence-electron chi connectivity index (χ2n) is 2.08. The van der Waals surface area contributed by atoms with Gasteiger partial charge in [0, 0.05) is 6.20 Å². The largest absolute Gasteiger partial charge is 0.328 e. The number of carbonyl (C=O) groups is 1. The third-order valence-electron chi connectivity index (χ3n) is 1.28. The van der Waals surface area contributed by atoms with Crippen LogP contribution in [0.5, 0.6) is 0 Å². The van der Waals surface area contributed by atoms with E-state index in [1.807, 2.05) is 0 Å². The fourth-order valence-corrected chi connectivity index (χ4v) is 0.968. The van der Waals surface area contributed by atoms with Crippen LogP contribution >= 0.6 is 23.2 Å². The highest BCUT2D eigenvalue weighted by Gasteiger charge is 2.16. The van der Waals surface area contributed by atoms with Crippen LogP contribution in [0.1, 0.15) is 10.4 Å². The van der Waals surface area contributed by atoms with E-state index in [2.05, 4.69) is 4.98 Å². The maximum atomic E-state index is 11.1. The van der Waals surface area contributed by atoms with Crippen LogP contribution in [0.4, 0.5) is 0 Å². The summed E-state index contributed by atoms with van der Waals surface area (Å²) in [5.74, 6) is -0.583. The van der Waals surface area contributed by atoms with Crippen molar-refractivity contribution in [1.29, 1.82) is 0 Å². The zero-order chi connectivity index (χ0) is 9.14. The quantitative estimate of drug-likeness (QED) is 0.586. The Morgan fingerprint density at radius 2 is 2.17 bits per heavy atom. The van der Waals surface area contributed by atoms with E-state index in [4.69, 9.17) is 23.2 Å². The summed E-state index contributed by atoms with van der Waals surface area (Å²) >= 11 is 10.6. The van der Waals surface area contributed by atoms with E-state index in [1.54, 1.807) is 0 Å². The van der Waals surface area contributed by atoms with Gasteiger partial charge in [-0.05, 0) is 12.1 Å².